The minimum Gasteiger partial charge on any atom is -0.508 e. The third-order valence-corrected chi connectivity index (χ3v) is 1.81. The van der Waals surface area contributed by atoms with Gasteiger partial charge in [0.25, 0.3) is 0 Å². The molecule has 6 N–H and O–H groups in total. The molecule has 0 aliphatic heterocycles. The molecule has 0 atom stereocenters. The number of para-hydroxylation sites is 1. The van der Waals surface area contributed by atoms with Crippen molar-refractivity contribution in [2.75, 3.05) is 11.5 Å². The van der Waals surface area contributed by atoms with Crippen LogP contribution in [0.3, 0.4) is 0 Å². The molecule has 98 valence electrons. The van der Waals surface area contributed by atoms with E-state index >= 15 is 0 Å². The van der Waals surface area contributed by atoms with Gasteiger partial charge in [-0.2, -0.15) is 0 Å². The summed E-state index contributed by atoms with van der Waals surface area (Å²) in [5, 5.41) is 17.5. The molecule has 2 rings (SSSR count). The highest BCUT2D eigenvalue weighted by molar-refractivity contribution is 5.54. The van der Waals surface area contributed by atoms with E-state index < -0.39 is 0 Å². The molecule has 0 saturated carbocycles. The summed E-state index contributed by atoms with van der Waals surface area (Å²) in [4.78, 5) is 0. The number of phenolic OH excluding ortho intramolecular Hbond substituents is 2. The van der Waals surface area contributed by atoms with Gasteiger partial charge in [0.2, 0.25) is 0 Å². The number of benzene rings is 2. The van der Waals surface area contributed by atoms with Crippen molar-refractivity contribution in [3.8, 4) is 11.5 Å². The highest BCUT2D eigenvalue weighted by atomic mass is 16.3. The summed E-state index contributed by atoms with van der Waals surface area (Å²) in [6.45, 7) is 4.00. The van der Waals surface area contributed by atoms with Crippen LogP contribution in [0.1, 0.15) is 13.8 Å². The van der Waals surface area contributed by atoms with Crippen LogP contribution >= 0.6 is 0 Å². The fraction of sp³-hybridized carbons (Fsp3) is 0.143. The SMILES string of the molecule is CC.Nc1ccc(O)cc1O.Nc1ccccc1. The van der Waals surface area contributed by atoms with Crippen LogP contribution in [0.15, 0.2) is 48.5 Å². The molecule has 0 fully saturated rings. The normalized spacial score (nSPS) is 8.33. The Morgan fingerprint density at radius 1 is 0.833 bits per heavy atom. The van der Waals surface area contributed by atoms with E-state index in [1.807, 2.05) is 44.2 Å². The summed E-state index contributed by atoms with van der Waals surface area (Å²) in [7, 11) is 0. The van der Waals surface area contributed by atoms with Crippen LogP contribution in [-0.2, 0) is 0 Å². The Bertz CT molecular complexity index is 445. The zero-order valence-corrected chi connectivity index (χ0v) is 10.7. The minimum absolute atomic E-state index is 0.0155. The Morgan fingerprint density at radius 3 is 1.72 bits per heavy atom. The summed E-state index contributed by atoms with van der Waals surface area (Å²) in [5.41, 5.74) is 11.7. The van der Waals surface area contributed by atoms with E-state index in [-0.39, 0.29) is 17.2 Å². The average molecular weight is 248 g/mol. The molecule has 18 heavy (non-hydrogen) atoms. The fourth-order valence-electron chi connectivity index (χ4n) is 0.985. The molecule has 2 aromatic carbocycles. The van der Waals surface area contributed by atoms with E-state index in [1.165, 1.54) is 18.2 Å². The summed E-state index contributed by atoms with van der Waals surface area (Å²) >= 11 is 0. The second-order valence-corrected chi connectivity index (χ2v) is 3.15. The smallest absolute Gasteiger partial charge is 0.142 e. The second kappa shape index (κ2) is 8.75. The lowest BCUT2D eigenvalue weighted by molar-refractivity contribution is 0.452. The van der Waals surface area contributed by atoms with E-state index in [2.05, 4.69) is 0 Å². The predicted octanol–water partition coefficient (Wildman–Crippen LogP) is 2.98. The molecule has 0 heterocycles. The topological polar surface area (TPSA) is 92.5 Å². The van der Waals surface area contributed by atoms with Gasteiger partial charge in [-0.05, 0) is 24.3 Å². The van der Waals surface area contributed by atoms with Gasteiger partial charge in [0, 0.05) is 11.8 Å². The summed E-state index contributed by atoms with van der Waals surface area (Å²) < 4.78 is 0. The molecule has 0 spiro atoms. The zero-order chi connectivity index (χ0) is 14.0. The van der Waals surface area contributed by atoms with Crippen LogP contribution < -0.4 is 11.5 Å². The number of nitrogen functional groups attached to an aromatic ring is 2. The van der Waals surface area contributed by atoms with E-state index in [0.717, 1.165) is 5.69 Å². The van der Waals surface area contributed by atoms with Crippen molar-refractivity contribution in [3.05, 3.63) is 48.5 Å². The van der Waals surface area contributed by atoms with Gasteiger partial charge in [0.15, 0.2) is 0 Å². The standard InChI is InChI=1S/C6H7NO2.C6H7N.C2H6/c7-5-2-1-4(8)3-6(5)9;7-6-4-2-1-3-5-6;1-2/h1-3,8-9H,7H2;1-5H,7H2;1-2H3. The number of phenols is 2. The number of anilines is 2. The monoisotopic (exact) mass is 248 g/mol. The maximum atomic E-state index is 8.82. The van der Waals surface area contributed by atoms with Crippen LogP contribution in [0, 0.1) is 0 Å². The molecule has 0 bridgehead atoms. The first-order valence-corrected chi connectivity index (χ1v) is 5.67. The van der Waals surface area contributed by atoms with Crippen LogP contribution in [0.4, 0.5) is 11.4 Å². The quantitative estimate of drug-likeness (QED) is 0.327. The lowest BCUT2D eigenvalue weighted by atomic mass is 10.3. The Kier molecular flexibility index (Phi) is 7.61. The molecule has 0 unspecified atom stereocenters. The van der Waals surface area contributed by atoms with Crippen molar-refractivity contribution >= 4 is 11.4 Å². The van der Waals surface area contributed by atoms with E-state index in [9.17, 15) is 0 Å². The highest BCUT2D eigenvalue weighted by Gasteiger charge is 1.94. The third-order valence-electron chi connectivity index (χ3n) is 1.81. The highest BCUT2D eigenvalue weighted by Crippen LogP contribution is 2.23. The molecular formula is C14H20N2O2. The average Bonchev–Trinajstić information content (AvgIpc) is 2.38. The van der Waals surface area contributed by atoms with E-state index in [1.54, 1.807) is 0 Å². The van der Waals surface area contributed by atoms with Crippen LogP contribution in [-0.4, -0.2) is 10.2 Å². The molecule has 4 heteroatoms. The lowest BCUT2D eigenvalue weighted by Crippen LogP contribution is -1.82. The zero-order valence-electron chi connectivity index (χ0n) is 10.7. The van der Waals surface area contributed by atoms with Gasteiger partial charge in [-0.3, -0.25) is 0 Å². The first-order chi connectivity index (χ1) is 8.59. The summed E-state index contributed by atoms with van der Waals surface area (Å²) in [5.74, 6) is -0.0725. The van der Waals surface area contributed by atoms with Gasteiger partial charge < -0.3 is 21.7 Å². The van der Waals surface area contributed by atoms with Crippen molar-refractivity contribution in [1.29, 1.82) is 0 Å². The third kappa shape index (κ3) is 6.27. The molecule has 4 nitrogen and oxygen atoms in total. The molecule has 0 aliphatic carbocycles. The molecule has 2 aromatic rings. The Morgan fingerprint density at radius 2 is 1.39 bits per heavy atom. The Balaban J connectivity index is 0.000000289. The van der Waals surface area contributed by atoms with Gasteiger partial charge in [0.1, 0.15) is 11.5 Å². The van der Waals surface area contributed by atoms with Crippen LogP contribution in [0.25, 0.3) is 0 Å². The Hall–Kier alpha value is -2.36. The minimum atomic E-state index is -0.0880. The number of hydrogen-bond acceptors (Lipinski definition) is 4. The molecule has 0 aromatic heterocycles. The van der Waals surface area contributed by atoms with E-state index in [4.69, 9.17) is 21.7 Å². The van der Waals surface area contributed by atoms with Crippen LogP contribution in [0.2, 0.25) is 0 Å². The van der Waals surface area contributed by atoms with Gasteiger partial charge >= 0.3 is 0 Å². The number of nitrogens with two attached hydrogens (primary N) is 2. The van der Waals surface area contributed by atoms with Crippen molar-refractivity contribution < 1.29 is 10.2 Å². The van der Waals surface area contributed by atoms with E-state index in [0.29, 0.717) is 0 Å². The Labute approximate surface area is 107 Å². The molecule has 0 radical (unpaired) electrons. The van der Waals surface area contributed by atoms with Crippen LogP contribution in [0.5, 0.6) is 11.5 Å². The summed E-state index contributed by atoms with van der Waals surface area (Å²) in [6, 6.07) is 13.5. The van der Waals surface area contributed by atoms with Gasteiger partial charge in [0.05, 0.1) is 5.69 Å². The largest absolute Gasteiger partial charge is 0.508 e. The first-order valence-electron chi connectivity index (χ1n) is 5.67. The van der Waals surface area contributed by atoms with Gasteiger partial charge in [-0.15, -0.1) is 0 Å². The molecule has 0 aliphatic rings. The van der Waals surface area contributed by atoms with Gasteiger partial charge in [-0.25, -0.2) is 0 Å². The second-order valence-electron chi connectivity index (χ2n) is 3.15. The van der Waals surface area contributed by atoms with Gasteiger partial charge in [-0.1, -0.05) is 32.0 Å². The lowest BCUT2D eigenvalue weighted by Gasteiger charge is -1.96. The molecule has 0 saturated heterocycles. The fourth-order valence-corrected chi connectivity index (χ4v) is 0.985. The predicted molar refractivity (Wildman–Crippen MR) is 76.4 cm³/mol. The molecular weight excluding hydrogens is 228 g/mol. The van der Waals surface area contributed by atoms with Crippen molar-refractivity contribution in [2.45, 2.75) is 13.8 Å². The van der Waals surface area contributed by atoms with Crippen molar-refractivity contribution in [1.82, 2.24) is 0 Å². The number of aromatic hydroxyl groups is 2. The molecule has 0 amide bonds. The maximum Gasteiger partial charge on any atom is 0.142 e. The van der Waals surface area contributed by atoms with Crippen molar-refractivity contribution in [2.24, 2.45) is 0 Å². The number of hydrogen-bond donors (Lipinski definition) is 4. The maximum absolute atomic E-state index is 8.82. The number of rotatable bonds is 0. The first kappa shape index (κ1) is 15.6. The van der Waals surface area contributed by atoms with Crippen molar-refractivity contribution in [3.63, 3.8) is 0 Å². The summed E-state index contributed by atoms with van der Waals surface area (Å²) in [6.07, 6.45) is 0.